The van der Waals surface area contributed by atoms with Crippen LogP contribution in [0, 0.1) is 30.6 Å². The molecule has 96 valence electrons. The van der Waals surface area contributed by atoms with Crippen molar-refractivity contribution in [1.29, 1.82) is 0 Å². The van der Waals surface area contributed by atoms with Crippen molar-refractivity contribution in [3.63, 3.8) is 0 Å². The summed E-state index contributed by atoms with van der Waals surface area (Å²) in [6.45, 7) is 2.12. The Morgan fingerprint density at radius 3 is 2.94 bits per heavy atom. The van der Waals surface area contributed by atoms with Crippen LogP contribution in [0.25, 0.3) is 0 Å². The largest absolute Gasteiger partial charge is 0.321 e. The minimum atomic E-state index is -0.0742. The standard InChI is InChI=1S/C16H22N2/c1-10-5-12(9-18-8-10)16(17)7-11-6-15(16)14-4-2-3-13(11)14/h5,8-9,11,13-15H,2-4,6-7,17H2,1H3. The first kappa shape index (κ1) is 11.0. The molecule has 1 aromatic rings. The molecule has 3 aliphatic carbocycles. The van der Waals surface area contributed by atoms with Gasteiger partial charge in [0.25, 0.3) is 0 Å². The van der Waals surface area contributed by atoms with Crippen molar-refractivity contribution in [2.45, 2.75) is 44.6 Å². The van der Waals surface area contributed by atoms with Crippen molar-refractivity contribution in [3.8, 4) is 0 Å². The predicted octanol–water partition coefficient (Wildman–Crippen LogP) is 3.00. The molecule has 2 bridgehead atoms. The third-order valence-corrected chi connectivity index (χ3v) is 5.98. The lowest BCUT2D eigenvalue weighted by atomic mass is 9.68. The Bertz CT molecular complexity index is 484. The highest BCUT2D eigenvalue weighted by molar-refractivity contribution is 5.30. The number of fused-ring (bicyclic) bond motifs is 5. The summed E-state index contributed by atoms with van der Waals surface area (Å²) in [5.74, 6) is 3.53. The summed E-state index contributed by atoms with van der Waals surface area (Å²) in [6.07, 6.45) is 10.8. The topological polar surface area (TPSA) is 38.9 Å². The number of aromatic nitrogens is 1. The molecule has 1 aromatic heterocycles. The molecule has 2 N–H and O–H groups in total. The number of hydrogen-bond donors (Lipinski definition) is 1. The summed E-state index contributed by atoms with van der Waals surface area (Å²) in [6, 6.07) is 2.26. The van der Waals surface area contributed by atoms with E-state index >= 15 is 0 Å². The molecule has 5 unspecified atom stereocenters. The van der Waals surface area contributed by atoms with Crippen LogP contribution >= 0.6 is 0 Å². The van der Waals surface area contributed by atoms with Crippen molar-refractivity contribution < 1.29 is 0 Å². The van der Waals surface area contributed by atoms with Crippen molar-refractivity contribution in [2.75, 3.05) is 0 Å². The van der Waals surface area contributed by atoms with Crippen molar-refractivity contribution in [2.24, 2.45) is 29.4 Å². The molecule has 3 saturated carbocycles. The van der Waals surface area contributed by atoms with Crippen molar-refractivity contribution >= 4 is 0 Å². The molecule has 4 rings (SSSR count). The van der Waals surface area contributed by atoms with Gasteiger partial charge in [0.2, 0.25) is 0 Å². The number of pyridine rings is 1. The van der Waals surface area contributed by atoms with Crippen LogP contribution in [0.1, 0.15) is 43.2 Å². The zero-order chi connectivity index (χ0) is 12.3. The summed E-state index contributed by atoms with van der Waals surface area (Å²) >= 11 is 0. The van der Waals surface area contributed by atoms with Gasteiger partial charge in [-0.25, -0.2) is 0 Å². The molecule has 2 heteroatoms. The fourth-order valence-electron chi connectivity index (χ4n) is 5.33. The Morgan fingerprint density at radius 1 is 1.28 bits per heavy atom. The van der Waals surface area contributed by atoms with Crippen LogP contribution in [-0.4, -0.2) is 4.98 Å². The molecule has 0 spiro atoms. The van der Waals surface area contributed by atoms with Gasteiger partial charge in [0, 0.05) is 17.9 Å². The van der Waals surface area contributed by atoms with E-state index in [2.05, 4.69) is 18.0 Å². The normalized spacial score (nSPS) is 45.4. The second kappa shape index (κ2) is 3.57. The van der Waals surface area contributed by atoms with Crippen LogP contribution in [0.5, 0.6) is 0 Å². The molecule has 3 fully saturated rings. The average Bonchev–Trinajstić information content (AvgIpc) is 2.99. The van der Waals surface area contributed by atoms with E-state index in [-0.39, 0.29) is 5.54 Å². The van der Waals surface area contributed by atoms with E-state index in [1.807, 2.05) is 12.4 Å². The third-order valence-electron chi connectivity index (χ3n) is 5.98. The first-order valence-corrected chi connectivity index (χ1v) is 7.39. The van der Waals surface area contributed by atoms with Crippen LogP contribution in [0.15, 0.2) is 18.5 Å². The second-order valence-corrected chi connectivity index (χ2v) is 6.86. The fraction of sp³-hybridized carbons (Fsp3) is 0.688. The molecule has 0 saturated heterocycles. The van der Waals surface area contributed by atoms with Crippen molar-refractivity contribution in [1.82, 2.24) is 4.98 Å². The smallest absolute Gasteiger partial charge is 0.0459 e. The van der Waals surface area contributed by atoms with Crippen LogP contribution in [0.3, 0.4) is 0 Å². The molecule has 5 atom stereocenters. The van der Waals surface area contributed by atoms with Gasteiger partial charge in [-0.2, -0.15) is 0 Å². The Kier molecular flexibility index (Phi) is 2.18. The van der Waals surface area contributed by atoms with Gasteiger partial charge in [-0.3, -0.25) is 4.98 Å². The molecular weight excluding hydrogens is 220 g/mol. The maximum Gasteiger partial charge on any atom is 0.0459 e. The van der Waals surface area contributed by atoms with E-state index in [1.54, 1.807) is 0 Å². The van der Waals surface area contributed by atoms with Gasteiger partial charge >= 0.3 is 0 Å². The number of rotatable bonds is 1. The number of hydrogen-bond acceptors (Lipinski definition) is 2. The van der Waals surface area contributed by atoms with Gasteiger partial charge in [0.05, 0.1) is 0 Å². The van der Waals surface area contributed by atoms with Gasteiger partial charge in [-0.1, -0.05) is 12.5 Å². The van der Waals surface area contributed by atoms with E-state index in [9.17, 15) is 0 Å². The third kappa shape index (κ3) is 1.30. The summed E-state index contributed by atoms with van der Waals surface area (Å²) in [5, 5.41) is 0. The minimum Gasteiger partial charge on any atom is -0.321 e. The highest BCUT2D eigenvalue weighted by atomic mass is 14.8. The van der Waals surface area contributed by atoms with Crippen LogP contribution in [-0.2, 0) is 5.54 Å². The monoisotopic (exact) mass is 242 g/mol. The van der Waals surface area contributed by atoms with E-state index in [0.717, 1.165) is 23.7 Å². The molecule has 2 nitrogen and oxygen atoms in total. The predicted molar refractivity (Wildman–Crippen MR) is 71.9 cm³/mol. The zero-order valence-corrected chi connectivity index (χ0v) is 11.1. The molecule has 3 aliphatic rings. The highest BCUT2D eigenvalue weighted by Gasteiger charge is 2.59. The zero-order valence-electron chi connectivity index (χ0n) is 11.1. The summed E-state index contributed by atoms with van der Waals surface area (Å²) in [7, 11) is 0. The lowest BCUT2D eigenvalue weighted by Gasteiger charge is -2.40. The Labute approximate surface area is 109 Å². The minimum absolute atomic E-state index is 0.0742. The Balaban J connectivity index is 1.73. The highest BCUT2D eigenvalue weighted by Crippen LogP contribution is 2.64. The fourth-order valence-corrected chi connectivity index (χ4v) is 5.33. The number of aryl methyl sites for hydroxylation is 1. The Morgan fingerprint density at radius 2 is 2.11 bits per heavy atom. The summed E-state index contributed by atoms with van der Waals surface area (Å²) in [5.41, 5.74) is 9.31. The van der Waals surface area contributed by atoms with Crippen LogP contribution < -0.4 is 5.73 Å². The lowest BCUT2D eigenvalue weighted by Crippen LogP contribution is -2.46. The van der Waals surface area contributed by atoms with Gasteiger partial charge in [0.15, 0.2) is 0 Å². The Hall–Kier alpha value is -0.890. The molecule has 0 radical (unpaired) electrons. The maximum absolute atomic E-state index is 6.85. The van der Waals surface area contributed by atoms with Crippen molar-refractivity contribution in [3.05, 3.63) is 29.6 Å². The molecule has 18 heavy (non-hydrogen) atoms. The molecule has 1 heterocycles. The lowest BCUT2D eigenvalue weighted by molar-refractivity contribution is 0.156. The average molecular weight is 242 g/mol. The van der Waals surface area contributed by atoms with Gasteiger partial charge in [-0.05, 0) is 67.4 Å². The van der Waals surface area contributed by atoms with Gasteiger partial charge in [-0.15, -0.1) is 0 Å². The van der Waals surface area contributed by atoms with Gasteiger partial charge < -0.3 is 5.73 Å². The van der Waals surface area contributed by atoms with E-state index in [1.165, 1.54) is 43.2 Å². The maximum atomic E-state index is 6.85. The molecular formula is C16H22N2. The van der Waals surface area contributed by atoms with Crippen LogP contribution in [0.2, 0.25) is 0 Å². The SMILES string of the molecule is Cc1cncc(C2(N)CC3CC2C2CCCC32)c1. The molecule has 0 aliphatic heterocycles. The molecule has 0 aromatic carbocycles. The summed E-state index contributed by atoms with van der Waals surface area (Å²) in [4.78, 5) is 4.36. The van der Waals surface area contributed by atoms with Crippen LogP contribution in [0.4, 0.5) is 0 Å². The van der Waals surface area contributed by atoms with E-state index < -0.39 is 0 Å². The van der Waals surface area contributed by atoms with E-state index in [4.69, 9.17) is 5.73 Å². The second-order valence-electron chi connectivity index (χ2n) is 6.86. The quantitative estimate of drug-likeness (QED) is 0.822. The van der Waals surface area contributed by atoms with E-state index in [0.29, 0.717) is 0 Å². The first-order valence-electron chi connectivity index (χ1n) is 7.39. The van der Waals surface area contributed by atoms with Gasteiger partial charge in [0.1, 0.15) is 0 Å². The summed E-state index contributed by atoms with van der Waals surface area (Å²) < 4.78 is 0. The molecule has 0 amide bonds. The first-order chi connectivity index (χ1) is 8.68. The number of nitrogens with zero attached hydrogens (tertiary/aromatic N) is 1. The number of nitrogens with two attached hydrogens (primary N) is 1.